The van der Waals surface area contributed by atoms with E-state index in [1.807, 2.05) is 12.4 Å². The van der Waals surface area contributed by atoms with Crippen molar-refractivity contribution in [2.45, 2.75) is 32.6 Å². The fourth-order valence-electron chi connectivity index (χ4n) is 2.37. The molecule has 1 fully saturated rings. The molecule has 0 unspecified atom stereocenters. The summed E-state index contributed by atoms with van der Waals surface area (Å²) in [4.78, 5) is 4.20. The summed E-state index contributed by atoms with van der Waals surface area (Å²) in [6.45, 7) is 4.59. The molecule has 0 aliphatic carbocycles. The Hall–Kier alpha value is -0.890. The average molecular weight is 204 g/mol. The van der Waals surface area contributed by atoms with E-state index in [-0.39, 0.29) is 0 Å². The maximum absolute atomic E-state index is 4.20. The van der Waals surface area contributed by atoms with Crippen LogP contribution in [0.15, 0.2) is 18.5 Å². The zero-order valence-corrected chi connectivity index (χ0v) is 9.50. The van der Waals surface area contributed by atoms with Crippen LogP contribution in [-0.4, -0.2) is 18.1 Å². The number of hydrogen-bond acceptors (Lipinski definition) is 2. The van der Waals surface area contributed by atoms with Crippen LogP contribution >= 0.6 is 0 Å². The highest BCUT2D eigenvalue weighted by Crippen LogP contribution is 2.20. The van der Waals surface area contributed by atoms with Crippen LogP contribution in [0.1, 0.15) is 30.9 Å². The van der Waals surface area contributed by atoms with Crippen molar-refractivity contribution < 1.29 is 0 Å². The monoisotopic (exact) mass is 204 g/mol. The van der Waals surface area contributed by atoms with Crippen molar-refractivity contribution in [2.24, 2.45) is 5.92 Å². The van der Waals surface area contributed by atoms with Crippen LogP contribution in [0, 0.1) is 5.92 Å². The van der Waals surface area contributed by atoms with Crippen molar-refractivity contribution >= 4 is 0 Å². The highest BCUT2D eigenvalue weighted by Gasteiger charge is 2.14. The maximum Gasteiger partial charge on any atom is 0.0302 e. The Morgan fingerprint density at radius 3 is 2.87 bits per heavy atom. The van der Waals surface area contributed by atoms with Gasteiger partial charge >= 0.3 is 0 Å². The smallest absolute Gasteiger partial charge is 0.0302 e. The number of nitrogens with zero attached hydrogens (tertiary/aromatic N) is 1. The van der Waals surface area contributed by atoms with Crippen LogP contribution in [0.2, 0.25) is 0 Å². The van der Waals surface area contributed by atoms with E-state index in [1.54, 1.807) is 0 Å². The third kappa shape index (κ3) is 2.78. The van der Waals surface area contributed by atoms with Gasteiger partial charge < -0.3 is 5.32 Å². The molecule has 82 valence electrons. The van der Waals surface area contributed by atoms with E-state index in [9.17, 15) is 0 Å². The van der Waals surface area contributed by atoms with Crippen molar-refractivity contribution in [1.82, 2.24) is 10.3 Å². The first-order chi connectivity index (χ1) is 7.40. The number of pyridine rings is 1. The zero-order chi connectivity index (χ0) is 10.5. The van der Waals surface area contributed by atoms with E-state index < -0.39 is 0 Å². The second-order valence-electron chi connectivity index (χ2n) is 4.40. The fraction of sp³-hybridized carbons (Fsp3) is 0.615. The van der Waals surface area contributed by atoms with Gasteiger partial charge in [0.25, 0.3) is 0 Å². The minimum atomic E-state index is 0.874. The molecule has 1 N–H and O–H groups in total. The molecule has 2 rings (SSSR count). The summed E-state index contributed by atoms with van der Waals surface area (Å²) in [5.41, 5.74) is 2.94. The van der Waals surface area contributed by atoms with E-state index in [0.717, 1.165) is 12.3 Å². The molecule has 15 heavy (non-hydrogen) atoms. The van der Waals surface area contributed by atoms with E-state index in [1.165, 1.54) is 43.5 Å². The van der Waals surface area contributed by atoms with Gasteiger partial charge in [-0.15, -0.1) is 0 Å². The molecule has 2 heterocycles. The standard InChI is InChI=1S/C13H20N2/c1-2-12-10-15-8-5-13(12)9-11-3-6-14-7-4-11/h5,8,10-11,14H,2-4,6-7,9H2,1H3. The Morgan fingerprint density at radius 1 is 1.33 bits per heavy atom. The van der Waals surface area contributed by atoms with E-state index >= 15 is 0 Å². The number of rotatable bonds is 3. The van der Waals surface area contributed by atoms with E-state index in [4.69, 9.17) is 0 Å². The molecule has 1 aliphatic rings. The Labute approximate surface area is 92.1 Å². The molecule has 0 atom stereocenters. The molecule has 2 nitrogen and oxygen atoms in total. The molecule has 0 radical (unpaired) electrons. The van der Waals surface area contributed by atoms with Crippen molar-refractivity contribution in [2.75, 3.05) is 13.1 Å². The van der Waals surface area contributed by atoms with Gasteiger partial charge in [0.05, 0.1) is 0 Å². The molecule has 1 saturated heterocycles. The minimum absolute atomic E-state index is 0.874. The van der Waals surface area contributed by atoms with Gasteiger partial charge in [0.1, 0.15) is 0 Å². The first kappa shape index (κ1) is 10.6. The molecule has 0 saturated carbocycles. The predicted octanol–water partition coefficient (Wildman–Crippen LogP) is 2.19. The van der Waals surface area contributed by atoms with Crippen LogP contribution in [0.3, 0.4) is 0 Å². The molecular formula is C13H20N2. The lowest BCUT2D eigenvalue weighted by Gasteiger charge is -2.23. The van der Waals surface area contributed by atoms with Gasteiger partial charge in [-0.25, -0.2) is 0 Å². The molecular weight excluding hydrogens is 184 g/mol. The van der Waals surface area contributed by atoms with Gasteiger partial charge in [-0.1, -0.05) is 6.92 Å². The lowest BCUT2D eigenvalue weighted by atomic mass is 9.89. The summed E-state index contributed by atoms with van der Waals surface area (Å²) < 4.78 is 0. The second-order valence-corrected chi connectivity index (χ2v) is 4.40. The minimum Gasteiger partial charge on any atom is -0.317 e. The van der Waals surface area contributed by atoms with Crippen molar-refractivity contribution in [1.29, 1.82) is 0 Å². The Morgan fingerprint density at radius 2 is 2.13 bits per heavy atom. The molecule has 1 aromatic heterocycles. The van der Waals surface area contributed by atoms with Gasteiger partial charge in [0, 0.05) is 12.4 Å². The molecule has 2 heteroatoms. The molecule has 0 amide bonds. The van der Waals surface area contributed by atoms with Crippen LogP contribution < -0.4 is 5.32 Å². The van der Waals surface area contributed by atoms with Crippen LogP contribution in [0.5, 0.6) is 0 Å². The molecule has 1 aromatic rings. The lowest BCUT2D eigenvalue weighted by molar-refractivity contribution is 0.372. The normalized spacial score (nSPS) is 17.9. The summed E-state index contributed by atoms with van der Waals surface area (Å²) in [5.74, 6) is 0.874. The number of piperidine rings is 1. The average Bonchev–Trinajstić information content (AvgIpc) is 2.31. The summed E-state index contributed by atoms with van der Waals surface area (Å²) in [7, 11) is 0. The molecule has 0 aromatic carbocycles. The molecule has 1 aliphatic heterocycles. The maximum atomic E-state index is 4.20. The van der Waals surface area contributed by atoms with Gasteiger partial charge in [0.15, 0.2) is 0 Å². The Balaban J connectivity index is 2.02. The van der Waals surface area contributed by atoms with Gasteiger partial charge in [-0.2, -0.15) is 0 Å². The zero-order valence-electron chi connectivity index (χ0n) is 9.50. The number of nitrogens with one attached hydrogen (secondary N) is 1. The van der Waals surface area contributed by atoms with Crippen molar-refractivity contribution in [3.8, 4) is 0 Å². The predicted molar refractivity (Wildman–Crippen MR) is 62.9 cm³/mol. The van der Waals surface area contributed by atoms with E-state index in [2.05, 4.69) is 23.3 Å². The SMILES string of the molecule is CCc1cnccc1CC1CCNCC1. The van der Waals surface area contributed by atoms with E-state index in [0.29, 0.717) is 0 Å². The summed E-state index contributed by atoms with van der Waals surface area (Å²) in [6.07, 6.45) is 8.95. The number of aromatic nitrogens is 1. The quantitative estimate of drug-likeness (QED) is 0.816. The highest BCUT2D eigenvalue weighted by molar-refractivity contribution is 5.23. The summed E-state index contributed by atoms with van der Waals surface area (Å²) in [6, 6.07) is 2.20. The second kappa shape index (κ2) is 5.26. The first-order valence-corrected chi connectivity index (χ1v) is 6.02. The number of aryl methyl sites for hydroxylation is 1. The topological polar surface area (TPSA) is 24.9 Å². The third-order valence-electron chi connectivity index (χ3n) is 3.35. The van der Waals surface area contributed by atoms with Crippen LogP contribution in [-0.2, 0) is 12.8 Å². The van der Waals surface area contributed by atoms with Crippen molar-refractivity contribution in [3.63, 3.8) is 0 Å². The van der Waals surface area contributed by atoms with Crippen molar-refractivity contribution in [3.05, 3.63) is 29.6 Å². The van der Waals surface area contributed by atoms with Crippen LogP contribution in [0.4, 0.5) is 0 Å². The Kier molecular flexibility index (Phi) is 3.73. The molecule has 0 spiro atoms. The molecule has 0 bridgehead atoms. The highest BCUT2D eigenvalue weighted by atomic mass is 14.9. The van der Waals surface area contributed by atoms with Gasteiger partial charge in [-0.3, -0.25) is 4.98 Å². The summed E-state index contributed by atoms with van der Waals surface area (Å²) >= 11 is 0. The van der Waals surface area contributed by atoms with Crippen LogP contribution in [0.25, 0.3) is 0 Å². The first-order valence-electron chi connectivity index (χ1n) is 6.02. The van der Waals surface area contributed by atoms with Gasteiger partial charge in [0.2, 0.25) is 0 Å². The fourth-order valence-corrected chi connectivity index (χ4v) is 2.37. The third-order valence-corrected chi connectivity index (χ3v) is 3.35. The Bertz CT molecular complexity index is 303. The largest absolute Gasteiger partial charge is 0.317 e. The summed E-state index contributed by atoms with van der Waals surface area (Å²) in [5, 5.41) is 3.42. The lowest BCUT2D eigenvalue weighted by Crippen LogP contribution is -2.28. The van der Waals surface area contributed by atoms with Gasteiger partial charge in [-0.05, 0) is 61.9 Å². The number of hydrogen-bond donors (Lipinski definition) is 1.